The molecule has 0 radical (unpaired) electrons. The van der Waals surface area contributed by atoms with E-state index in [4.69, 9.17) is 4.74 Å². The van der Waals surface area contributed by atoms with Crippen LogP contribution in [-0.2, 0) is 16.6 Å². The molecule has 1 aromatic carbocycles. The average molecular weight is 391 g/mol. The highest BCUT2D eigenvalue weighted by Gasteiger charge is 2.25. The number of ether oxygens (including phenoxy) is 1. The monoisotopic (exact) mass is 390 g/mol. The normalized spacial score (nSPS) is 11.9. The van der Waals surface area contributed by atoms with Gasteiger partial charge in [0.25, 0.3) is 0 Å². The van der Waals surface area contributed by atoms with Crippen LogP contribution in [0.25, 0.3) is 0 Å². The van der Waals surface area contributed by atoms with Gasteiger partial charge in [-0.3, -0.25) is 0 Å². The molecular formula is C13H15BrN2O3S2. The SMILES string of the molecule is COc1ccc(Br)cc1S(=O)(=O)N(C)Cc1csc(C)n1. The van der Waals surface area contributed by atoms with Gasteiger partial charge in [-0.2, -0.15) is 4.31 Å². The molecule has 0 amide bonds. The smallest absolute Gasteiger partial charge is 0.246 e. The quantitative estimate of drug-likeness (QED) is 0.786. The highest BCUT2D eigenvalue weighted by Crippen LogP contribution is 2.29. The van der Waals surface area contributed by atoms with Gasteiger partial charge in [0.15, 0.2) is 0 Å². The van der Waals surface area contributed by atoms with Gasteiger partial charge in [0, 0.05) is 16.9 Å². The summed E-state index contributed by atoms with van der Waals surface area (Å²) in [5.74, 6) is 0.319. The first-order chi connectivity index (χ1) is 9.84. The Hall–Kier alpha value is -0.960. The van der Waals surface area contributed by atoms with Gasteiger partial charge < -0.3 is 4.74 Å². The summed E-state index contributed by atoms with van der Waals surface area (Å²) < 4.78 is 32.5. The molecular weight excluding hydrogens is 376 g/mol. The van der Waals surface area contributed by atoms with Crippen LogP contribution in [0, 0.1) is 6.92 Å². The molecule has 8 heteroatoms. The lowest BCUT2D eigenvalue weighted by molar-refractivity contribution is 0.397. The molecule has 1 aromatic heterocycles. The molecule has 0 atom stereocenters. The zero-order chi connectivity index (χ0) is 15.6. The summed E-state index contributed by atoms with van der Waals surface area (Å²) in [6, 6.07) is 4.90. The fourth-order valence-corrected chi connectivity index (χ4v) is 4.25. The molecule has 0 aliphatic rings. The molecule has 0 N–H and O–H groups in total. The summed E-state index contributed by atoms with van der Waals surface area (Å²) in [5, 5.41) is 2.77. The van der Waals surface area contributed by atoms with Gasteiger partial charge in [0.05, 0.1) is 24.4 Å². The minimum Gasteiger partial charge on any atom is -0.495 e. The minimum atomic E-state index is -3.65. The predicted molar refractivity (Wildman–Crippen MR) is 86.2 cm³/mol. The number of halogens is 1. The minimum absolute atomic E-state index is 0.133. The van der Waals surface area contributed by atoms with Gasteiger partial charge >= 0.3 is 0 Å². The van der Waals surface area contributed by atoms with Crippen molar-refractivity contribution in [3.63, 3.8) is 0 Å². The van der Waals surface area contributed by atoms with Crippen molar-refractivity contribution in [1.29, 1.82) is 0 Å². The third kappa shape index (κ3) is 3.63. The van der Waals surface area contributed by atoms with Crippen LogP contribution in [-0.4, -0.2) is 31.9 Å². The number of methoxy groups -OCH3 is 1. The van der Waals surface area contributed by atoms with E-state index < -0.39 is 10.0 Å². The molecule has 0 fully saturated rings. The van der Waals surface area contributed by atoms with Gasteiger partial charge in [0.1, 0.15) is 10.6 Å². The molecule has 0 saturated carbocycles. The number of benzene rings is 1. The fraction of sp³-hybridized carbons (Fsp3) is 0.308. The Morgan fingerprint density at radius 3 is 2.71 bits per heavy atom. The molecule has 0 aliphatic carbocycles. The maximum Gasteiger partial charge on any atom is 0.246 e. The van der Waals surface area contributed by atoms with E-state index in [9.17, 15) is 8.42 Å². The largest absolute Gasteiger partial charge is 0.495 e. The zero-order valence-electron chi connectivity index (χ0n) is 11.8. The Morgan fingerprint density at radius 2 is 2.14 bits per heavy atom. The van der Waals surface area contributed by atoms with E-state index in [1.165, 1.54) is 35.9 Å². The zero-order valence-corrected chi connectivity index (χ0v) is 15.0. The molecule has 0 bridgehead atoms. The molecule has 114 valence electrons. The first-order valence-electron chi connectivity index (χ1n) is 6.05. The lowest BCUT2D eigenvalue weighted by atomic mass is 10.3. The second-order valence-corrected chi connectivity index (χ2v) is 8.41. The highest BCUT2D eigenvalue weighted by atomic mass is 79.9. The Kier molecular flexibility index (Phi) is 5.03. The molecule has 0 unspecified atom stereocenters. The topological polar surface area (TPSA) is 59.5 Å². The lowest BCUT2D eigenvalue weighted by Gasteiger charge is -2.18. The second-order valence-electron chi connectivity index (χ2n) is 4.41. The second kappa shape index (κ2) is 6.43. The van der Waals surface area contributed by atoms with Crippen molar-refractivity contribution >= 4 is 37.3 Å². The van der Waals surface area contributed by atoms with Crippen LogP contribution >= 0.6 is 27.3 Å². The van der Waals surface area contributed by atoms with E-state index in [0.29, 0.717) is 10.2 Å². The van der Waals surface area contributed by atoms with Gasteiger partial charge in [-0.25, -0.2) is 13.4 Å². The number of hydrogen-bond donors (Lipinski definition) is 0. The van der Waals surface area contributed by atoms with Crippen molar-refractivity contribution in [3.05, 3.63) is 38.8 Å². The molecule has 0 saturated heterocycles. The van der Waals surface area contributed by atoms with E-state index in [0.717, 1.165) is 10.7 Å². The molecule has 1 heterocycles. The standard InChI is InChI=1S/C13H15BrN2O3S2/c1-9-15-11(8-20-9)7-16(2)21(17,18)13-6-10(14)4-5-12(13)19-3/h4-6,8H,7H2,1-3H3. The maximum atomic E-state index is 12.7. The average Bonchev–Trinajstić information content (AvgIpc) is 2.84. The van der Waals surface area contributed by atoms with Crippen molar-refractivity contribution in [2.45, 2.75) is 18.4 Å². The summed E-state index contributed by atoms with van der Waals surface area (Å²) in [4.78, 5) is 4.42. The summed E-state index contributed by atoms with van der Waals surface area (Å²) in [7, 11) is -0.668. The first kappa shape index (κ1) is 16.4. The Bertz CT molecular complexity index is 744. The van der Waals surface area contributed by atoms with Crippen molar-refractivity contribution in [3.8, 4) is 5.75 Å². The Labute approximate surface area is 136 Å². The van der Waals surface area contributed by atoms with Crippen LogP contribution in [0.3, 0.4) is 0 Å². The van der Waals surface area contributed by atoms with E-state index in [2.05, 4.69) is 20.9 Å². The molecule has 2 rings (SSSR count). The molecule has 21 heavy (non-hydrogen) atoms. The molecule has 5 nitrogen and oxygen atoms in total. The first-order valence-corrected chi connectivity index (χ1v) is 9.16. The van der Waals surface area contributed by atoms with Gasteiger partial charge in [-0.15, -0.1) is 11.3 Å². The molecule has 0 spiro atoms. The number of aryl methyl sites for hydroxylation is 1. The lowest BCUT2D eigenvalue weighted by Crippen LogP contribution is -2.27. The van der Waals surface area contributed by atoms with Gasteiger partial charge in [0.2, 0.25) is 10.0 Å². The Morgan fingerprint density at radius 1 is 1.43 bits per heavy atom. The van der Waals surface area contributed by atoms with Crippen molar-refractivity contribution in [2.75, 3.05) is 14.2 Å². The number of nitrogens with zero attached hydrogens (tertiary/aromatic N) is 2. The summed E-state index contributed by atoms with van der Waals surface area (Å²) >= 11 is 4.79. The number of aromatic nitrogens is 1. The van der Waals surface area contributed by atoms with E-state index in [1.807, 2.05) is 12.3 Å². The third-order valence-electron chi connectivity index (χ3n) is 2.87. The van der Waals surface area contributed by atoms with Gasteiger partial charge in [-0.05, 0) is 25.1 Å². The van der Waals surface area contributed by atoms with Crippen molar-refractivity contribution in [2.24, 2.45) is 0 Å². The number of thiazole rings is 1. The fourth-order valence-electron chi connectivity index (χ4n) is 1.81. The van der Waals surface area contributed by atoms with Crippen molar-refractivity contribution < 1.29 is 13.2 Å². The van der Waals surface area contributed by atoms with Crippen LogP contribution in [0.5, 0.6) is 5.75 Å². The highest BCUT2D eigenvalue weighted by molar-refractivity contribution is 9.10. The van der Waals surface area contributed by atoms with Crippen LogP contribution in [0.4, 0.5) is 0 Å². The van der Waals surface area contributed by atoms with E-state index >= 15 is 0 Å². The van der Waals surface area contributed by atoms with Gasteiger partial charge in [-0.1, -0.05) is 15.9 Å². The summed E-state index contributed by atoms with van der Waals surface area (Å²) in [6.45, 7) is 2.11. The van der Waals surface area contributed by atoms with Crippen LogP contribution in [0.15, 0.2) is 32.9 Å². The number of sulfonamides is 1. The van der Waals surface area contributed by atoms with Crippen LogP contribution < -0.4 is 4.74 Å². The van der Waals surface area contributed by atoms with Crippen molar-refractivity contribution in [1.82, 2.24) is 9.29 Å². The number of rotatable bonds is 5. The van der Waals surface area contributed by atoms with Crippen LogP contribution in [0.2, 0.25) is 0 Å². The summed E-state index contributed by atoms with van der Waals surface area (Å²) in [6.07, 6.45) is 0. The van der Waals surface area contributed by atoms with E-state index in [-0.39, 0.29) is 11.4 Å². The maximum absolute atomic E-state index is 12.7. The number of hydrogen-bond acceptors (Lipinski definition) is 5. The van der Waals surface area contributed by atoms with E-state index in [1.54, 1.807) is 12.1 Å². The Balaban J connectivity index is 2.35. The summed E-state index contributed by atoms with van der Waals surface area (Å²) in [5.41, 5.74) is 0.734. The molecule has 2 aromatic rings. The third-order valence-corrected chi connectivity index (χ3v) is 6.01. The van der Waals surface area contributed by atoms with Crippen LogP contribution in [0.1, 0.15) is 10.7 Å². The predicted octanol–water partition coefficient (Wildman–Crippen LogP) is 3.04. The molecule has 0 aliphatic heterocycles.